The van der Waals surface area contributed by atoms with E-state index < -0.39 is 10.8 Å². The van der Waals surface area contributed by atoms with E-state index >= 15 is 0 Å². The Kier molecular flexibility index (Phi) is 3.28. The van der Waals surface area contributed by atoms with Crippen molar-refractivity contribution in [3.8, 4) is 0 Å². The highest BCUT2D eigenvalue weighted by Gasteiger charge is 2.10. The lowest BCUT2D eigenvalue weighted by Gasteiger charge is -2.06. The largest absolute Gasteiger partial charge is 0.383 e. The molecule has 0 amide bonds. The molecule has 0 fully saturated rings. The number of hydrogen-bond donors (Lipinski definition) is 1. The van der Waals surface area contributed by atoms with Crippen LogP contribution in [-0.2, 0) is 10.8 Å². The maximum Gasteiger partial charge on any atom is 0.134 e. The van der Waals surface area contributed by atoms with Gasteiger partial charge in [-0.05, 0) is 41.1 Å². The molecule has 1 atom stereocenters. The quantitative estimate of drug-likeness (QED) is 0.613. The van der Waals surface area contributed by atoms with Gasteiger partial charge in [-0.15, -0.1) is 0 Å². The summed E-state index contributed by atoms with van der Waals surface area (Å²) in [4.78, 5) is 9.61. The van der Waals surface area contributed by atoms with Crippen LogP contribution in [0.2, 0.25) is 0 Å². The molecule has 23 heavy (non-hydrogen) atoms. The van der Waals surface area contributed by atoms with Gasteiger partial charge in [0.15, 0.2) is 0 Å². The molecule has 4 rings (SSSR count). The first kappa shape index (κ1) is 13.8. The maximum atomic E-state index is 12.9. The Balaban J connectivity index is 1.82. The van der Waals surface area contributed by atoms with Crippen LogP contribution in [-0.4, -0.2) is 14.2 Å². The van der Waals surface area contributed by atoms with Crippen molar-refractivity contribution in [1.82, 2.24) is 9.97 Å². The summed E-state index contributed by atoms with van der Waals surface area (Å²) in [6.45, 7) is 0. The fraction of sp³-hybridized carbons (Fsp3) is 0. The predicted octanol–water partition coefficient (Wildman–Crippen LogP) is 3.53. The average Bonchev–Trinajstić information content (AvgIpc) is 2.61. The molecule has 3 aromatic carbocycles. The molecule has 0 radical (unpaired) electrons. The van der Waals surface area contributed by atoms with Crippen LogP contribution in [0.1, 0.15) is 0 Å². The van der Waals surface area contributed by atoms with Crippen LogP contribution in [0.5, 0.6) is 0 Å². The van der Waals surface area contributed by atoms with Crippen LogP contribution in [0, 0.1) is 0 Å². The normalized spacial score (nSPS) is 12.5. The number of nitrogens with two attached hydrogens (primary N) is 1. The third kappa shape index (κ3) is 2.45. The molecule has 0 unspecified atom stereocenters. The van der Waals surface area contributed by atoms with Crippen LogP contribution in [0.3, 0.4) is 0 Å². The lowest BCUT2D eigenvalue weighted by Crippen LogP contribution is -1.97. The Bertz CT molecular complexity index is 1060. The predicted molar refractivity (Wildman–Crippen MR) is 92.6 cm³/mol. The Morgan fingerprint density at radius 3 is 2.43 bits per heavy atom. The van der Waals surface area contributed by atoms with Gasteiger partial charge in [0.25, 0.3) is 0 Å². The Labute approximate surface area is 135 Å². The molecule has 0 aliphatic carbocycles. The van der Waals surface area contributed by atoms with Gasteiger partial charge in [0, 0.05) is 15.2 Å². The second-order valence-electron chi connectivity index (χ2n) is 5.22. The van der Waals surface area contributed by atoms with E-state index in [0.29, 0.717) is 10.7 Å². The van der Waals surface area contributed by atoms with Gasteiger partial charge in [-0.2, -0.15) is 0 Å². The lowest BCUT2D eigenvalue weighted by atomic mass is 10.1. The van der Waals surface area contributed by atoms with Crippen molar-refractivity contribution in [2.75, 3.05) is 5.73 Å². The first-order valence-electron chi connectivity index (χ1n) is 7.13. The number of anilines is 1. The van der Waals surface area contributed by atoms with Crippen LogP contribution >= 0.6 is 0 Å². The average molecular weight is 319 g/mol. The zero-order valence-corrected chi connectivity index (χ0v) is 13.0. The van der Waals surface area contributed by atoms with Crippen molar-refractivity contribution in [1.29, 1.82) is 0 Å². The van der Waals surface area contributed by atoms with Crippen molar-refractivity contribution >= 4 is 38.3 Å². The second kappa shape index (κ2) is 5.44. The number of nitrogens with zero attached hydrogens (tertiary/aromatic N) is 2. The summed E-state index contributed by atoms with van der Waals surface area (Å²) in [7, 11) is -1.28. The van der Waals surface area contributed by atoms with E-state index in [0.717, 1.165) is 26.6 Å². The molecule has 4 aromatic rings. The van der Waals surface area contributed by atoms with E-state index in [2.05, 4.69) is 9.97 Å². The minimum Gasteiger partial charge on any atom is -0.383 e. The lowest BCUT2D eigenvalue weighted by molar-refractivity contribution is 0.683. The number of hydrogen-bond acceptors (Lipinski definition) is 4. The van der Waals surface area contributed by atoms with Crippen LogP contribution in [0.15, 0.2) is 76.8 Å². The Morgan fingerprint density at radius 1 is 0.826 bits per heavy atom. The van der Waals surface area contributed by atoms with Crippen molar-refractivity contribution in [3.05, 3.63) is 67.0 Å². The topological polar surface area (TPSA) is 68.9 Å². The standard InChI is InChI=1S/C18H13N3OS/c19-18-16-10-15(7-8-17(16)20-11-21-18)23(22)14-6-5-12-3-1-2-4-13(12)9-14/h1-11H,(H2,19,20,21)/t23-/m1/s1. The molecule has 5 heteroatoms. The van der Waals surface area contributed by atoms with E-state index in [1.165, 1.54) is 6.33 Å². The van der Waals surface area contributed by atoms with Crippen LogP contribution in [0.25, 0.3) is 21.7 Å². The summed E-state index contributed by atoms with van der Waals surface area (Å²) in [5.74, 6) is 0.396. The molecule has 2 N–H and O–H groups in total. The number of nitrogen functional groups attached to an aromatic ring is 1. The minimum atomic E-state index is -1.28. The van der Waals surface area contributed by atoms with Gasteiger partial charge in [-0.1, -0.05) is 30.3 Å². The zero-order chi connectivity index (χ0) is 15.8. The maximum absolute atomic E-state index is 12.9. The molecule has 0 spiro atoms. The summed E-state index contributed by atoms with van der Waals surface area (Å²) >= 11 is 0. The van der Waals surface area contributed by atoms with Gasteiger partial charge >= 0.3 is 0 Å². The molecule has 1 heterocycles. The highest BCUT2D eigenvalue weighted by molar-refractivity contribution is 7.85. The van der Waals surface area contributed by atoms with E-state index in [-0.39, 0.29) is 0 Å². The fourth-order valence-electron chi connectivity index (χ4n) is 2.59. The van der Waals surface area contributed by atoms with Crippen LogP contribution < -0.4 is 5.73 Å². The van der Waals surface area contributed by atoms with Gasteiger partial charge in [-0.25, -0.2) is 14.2 Å². The molecule has 0 saturated heterocycles. The van der Waals surface area contributed by atoms with E-state index in [9.17, 15) is 4.21 Å². The zero-order valence-electron chi connectivity index (χ0n) is 12.1. The molecule has 112 valence electrons. The van der Waals surface area contributed by atoms with Gasteiger partial charge in [0.1, 0.15) is 12.1 Å². The Hall–Kier alpha value is -2.79. The Morgan fingerprint density at radius 2 is 1.57 bits per heavy atom. The highest BCUT2D eigenvalue weighted by Crippen LogP contribution is 2.25. The van der Waals surface area contributed by atoms with Gasteiger partial charge in [0.05, 0.1) is 16.3 Å². The summed E-state index contributed by atoms with van der Waals surface area (Å²) in [5, 5.41) is 2.92. The van der Waals surface area contributed by atoms with Gasteiger partial charge < -0.3 is 5.73 Å². The van der Waals surface area contributed by atoms with Crippen LogP contribution in [0.4, 0.5) is 5.82 Å². The molecule has 0 bridgehead atoms. The molecular formula is C18H13N3OS. The third-order valence-electron chi connectivity index (χ3n) is 3.79. The minimum absolute atomic E-state index is 0.396. The summed E-state index contributed by atoms with van der Waals surface area (Å²) < 4.78 is 12.9. The first-order chi connectivity index (χ1) is 11.2. The number of benzene rings is 3. The van der Waals surface area contributed by atoms with Crippen molar-refractivity contribution in [2.45, 2.75) is 9.79 Å². The molecule has 4 nitrogen and oxygen atoms in total. The number of rotatable bonds is 2. The molecule has 1 aromatic heterocycles. The fourth-order valence-corrected chi connectivity index (χ4v) is 3.70. The number of aromatic nitrogens is 2. The molecule has 0 aliphatic rings. The monoisotopic (exact) mass is 319 g/mol. The smallest absolute Gasteiger partial charge is 0.134 e. The van der Waals surface area contributed by atoms with E-state index in [1.54, 1.807) is 6.07 Å². The third-order valence-corrected chi connectivity index (χ3v) is 5.15. The van der Waals surface area contributed by atoms with Gasteiger partial charge in [0.2, 0.25) is 0 Å². The molecule has 0 saturated carbocycles. The van der Waals surface area contributed by atoms with Crippen molar-refractivity contribution in [2.24, 2.45) is 0 Å². The van der Waals surface area contributed by atoms with Crippen molar-refractivity contribution < 1.29 is 4.21 Å². The van der Waals surface area contributed by atoms with Gasteiger partial charge in [-0.3, -0.25) is 0 Å². The number of fused-ring (bicyclic) bond motifs is 2. The molecular weight excluding hydrogens is 306 g/mol. The summed E-state index contributed by atoms with van der Waals surface area (Å²) in [6, 6.07) is 19.3. The van der Waals surface area contributed by atoms with E-state index in [1.807, 2.05) is 54.6 Å². The summed E-state index contributed by atoms with van der Waals surface area (Å²) in [5.41, 5.74) is 6.64. The van der Waals surface area contributed by atoms with E-state index in [4.69, 9.17) is 5.73 Å². The second-order valence-corrected chi connectivity index (χ2v) is 6.70. The summed E-state index contributed by atoms with van der Waals surface area (Å²) in [6.07, 6.45) is 1.43. The first-order valence-corrected chi connectivity index (χ1v) is 8.28. The SMILES string of the molecule is Nc1ncnc2ccc([S@](=O)c3ccc4ccccc4c3)cc12. The molecule has 0 aliphatic heterocycles. The highest BCUT2D eigenvalue weighted by atomic mass is 32.2. The van der Waals surface area contributed by atoms with Crippen molar-refractivity contribution in [3.63, 3.8) is 0 Å².